The Kier molecular flexibility index (Phi) is 8.03. The molecule has 0 aromatic heterocycles. The van der Waals surface area contributed by atoms with Gasteiger partial charge in [0.15, 0.2) is 0 Å². The van der Waals surface area contributed by atoms with E-state index in [4.69, 9.17) is 16.3 Å². The van der Waals surface area contributed by atoms with Crippen LogP contribution in [0.1, 0.15) is 32.3 Å². The van der Waals surface area contributed by atoms with E-state index < -0.39 is 11.7 Å². The van der Waals surface area contributed by atoms with E-state index in [0.717, 1.165) is 11.3 Å². The predicted molar refractivity (Wildman–Crippen MR) is 128 cm³/mol. The van der Waals surface area contributed by atoms with Crippen molar-refractivity contribution in [2.75, 3.05) is 33.1 Å². The van der Waals surface area contributed by atoms with Gasteiger partial charge in [0.25, 0.3) is 11.8 Å². The summed E-state index contributed by atoms with van der Waals surface area (Å²) in [6, 6.07) is 17.3. The Balaban J connectivity index is 1.75. The second-order valence-electron chi connectivity index (χ2n) is 7.61. The first kappa shape index (κ1) is 24.2. The number of hydrogen-bond donors (Lipinski definition) is 2. The second-order valence-corrected chi connectivity index (χ2v) is 8.05. The molecule has 172 valence electrons. The van der Waals surface area contributed by atoms with Crippen molar-refractivity contribution in [1.29, 1.82) is 0 Å². The summed E-state index contributed by atoms with van der Waals surface area (Å²) < 4.78 is 18.4. The number of likely N-dealkylation sites (N-methyl/N-ethyl adjacent to an activating group) is 1. The van der Waals surface area contributed by atoms with Crippen LogP contribution in [0.25, 0.3) is 0 Å². The van der Waals surface area contributed by atoms with Gasteiger partial charge in [-0.1, -0.05) is 23.7 Å². The Bertz CT molecular complexity index is 1120. The summed E-state index contributed by atoms with van der Waals surface area (Å²) in [5.74, 6) is -0.526. The zero-order valence-corrected chi connectivity index (χ0v) is 19.3. The molecule has 2 amide bonds. The lowest BCUT2D eigenvalue weighted by molar-refractivity contribution is 0.0942. The molecular weight excluding hydrogens is 445 g/mol. The highest BCUT2D eigenvalue weighted by molar-refractivity contribution is 6.31. The highest BCUT2D eigenvalue weighted by Crippen LogP contribution is 2.24. The van der Waals surface area contributed by atoms with Gasteiger partial charge in [-0.05, 0) is 74.3 Å². The summed E-state index contributed by atoms with van der Waals surface area (Å²) in [5, 5.41) is 5.99. The van der Waals surface area contributed by atoms with Gasteiger partial charge in [-0.25, -0.2) is 4.39 Å². The van der Waals surface area contributed by atoms with Gasteiger partial charge in [0.1, 0.15) is 11.6 Å². The van der Waals surface area contributed by atoms with Crippen LogP contribution in [0.15, 0.2) is 66.7 Å². The molecule has 0 spiro atoms. The van der Waals surface area contributed by atoms with Crippen LogP contribution < -0.4 is 15.4 Å². The van der Waals surface area contributed by atoms with Gasteiger partial charge >= 0.3 is 0 Å². The molecule has 0 bridgehead atoms. The second kappa shape index (κ2) is 10.9. The first-order valence-electron chi connectivity index (χ1n) is 10.2. The molecular formula is C25H25ClFN3O3. The average molecular weight is 470 g/mol. The summed E-state index contributed by atoms with van der Waals surface area (Å²) >= 11 is 6.10. The first-order chi connectivity index (χ1) is 15.8. The SMILES string of the molecule is COc1ccc(C(CNC(=O)c2ccc(Cl)cc2NC(=O)c2ccc(F)cc2)N(C)C)cc1. The normalized spacial score (nSPS) is 11.7. The van der Waals surface area contributed by atoms with E-state index in [1.165, 1.54) is 30.3 Å². The van der Waals surface area contributed by atoms with E-state index in [-0.39, 0.29) is 28.8 Å². The van der Waals surface area contributed by atoms with E-state index in [1.807, 2.05) is 43.3 Å². The van der Waals surface area contributed by atoms with Gasteiger partial charge in [-0.3, -0.25) is 9.59 Å². The molecule has 6 nitrogen and oxygen atoms in total. The predicted octanol–water partition coefficient (Wildman–Crippen LogP) is 4.77. The van der Waals surface area contributed by atoms with E-state index in [0.29, 0.717) is 11.6 Å². The van der Waals surface area contributed by atoms with Gasteiger partial charge in [0.05, 0.1) is 24.4 Å². The molecule has 33 heavy (non-hydrogen) atoms. The summed E-state index contributed by atoms with van der Waals surface area (Å²) in [5.41, 5.74) is 1.80. The number of anilines is 1. The van der Waals surface area contributed by atoms with Gasteiger partial charge in [0.2, 0.25) is 0 Å². The van der Waals surface area contributed by atoms with Crippen molar-refractivity contribution >= 4 is 29.1 Å². The van der Waals surface area contributed by atoms with Crippen LogP contribution >= 0.6 is 11.6 Å². The molecule has 0 heterocycles. The van der Waals surface area contributed by atoms with Crippen molar-refractivity contribution in [3.63, 3.8) is 0 Å². The van der Waals surface area contributed by atoms with Crippen molar-refractivity contribution in [3.05, 3.63) is 94.3 Å². The number of halogens is 2. The van der Waals surface area contributed by atoms with Crippen molar-refractivity contribution < 1.29 is 18.7 Å². The lowest BCUT2D eigenvalue weighted by atomic mass is 10.1. The van der Waals surface area contributed by atoms with E-state index >= 15 is 0 Å². The molecule has 0 aliphatic heterocycles. The van der Waals surface area contributed by atoms with Gasteiger partial charge in [-0.2, -0.15) is 0 Å². The van der Waals surface area contributed by atoms with Crippen molar-refractivity contribution in [2.24, 2.45) is 0 Å². The third-order valence-electron chi connectivity index (χ3n) is 5.16. The fraction of sp³-hybridized carbons (Fsp3) is 0.200. The van der Waals surface area contributed by atoms with Crippen molar-refractivity contribution in [2.45, 2.75) is 6.04 Å². The van der Waals surface area contributed by atoms with E-state index in [9.17, 15) is 14.0 Å². The maximum absolute atomic E-state index is 13.2. The van der Waals surface area contributed by atoms with E-state index in [2.05, 4.69) is 10.6 Å². The van der Waals surface area contributed by atoms with Crippen LogP contribution in [0.3, 0.4) is 0 Å². The third-order valence-corrected chi connectivity index (χ3v) is 5.40. The topological polar surface area (TPSA) is 70.7 Å². The molecule has 0 aliphatic carbocycles. The fourth-order valence-electron chi connectivity index (χ4n) is 3.32. The number of amides is 2. The fourth-order valence-corrected chi connectivity index (χ4v) is 3.49. The Morgan fingerprint density at radius 3 is 2.27 bits per heavy atom. The molecule has 3 aromatic carbocycles. The van der Waals surface area contributed by atoms with Crippen LogP contribution in [-0.4, -0.2) is 44.5 Å². The van der Waals surface area contributed by atoms with Gasteiger partial charge in [0, 0.05) is 17.1 Å². The standard InChI is InChI=1S/C25H25ClFN3O3/c1-30(2)23(16-6-11-20(33-3)12-7-16)15-28-25(32)21-13-8-18(26)14-22(21)29-24(31)17-4-9-19(27)10-5-17/h4-14,23H,15H2,1-3H3,(H,28,32)(H,29,31). The van der Waals surface area contributed by atoms with Crippen LogP contribution in [0, 0.1) is 5.82 Å². The smallest absolute Gasteiger partial charge is 0.255 e. The van der Waals surface area contributed by atoms with Crippen LogP contribution in [0.2, 0.25) is 5.02 Å². The monoisotopic (exact) mass is 469 g/mol. The molecule has 1 unspecified atom stereocenters. The minimum absolute atomic E-state index is 0.0792. The van der Waals surface area contributed by atoms with E-state index in [1.54, 1.807) is 19.2 Å². The number of nitrogens with zero attached hydrogens (tertiary/aromatic N) is 1. The minimum atomic E-state index is -0.476. The Morgan fingerprint density at radius 2 is 1.67 bits per heavy atom. The number of carbonyl (C=O) groups is 2. The molecule has 0 radical (unpaired) electrons. The highest BCUT2D eigenvalue weighted by atomic mass is 35.5. The zero-order valence-electron chi connectivity index (χ0n) is 18.6. The van der Waals surface area contributed by atoms with Crippen molar-refractivity contribution in [1.82, 2.24) is 10.2 Å². The molecule has 0 saturated heterocycles. The number of methoxy groups -OCH3 is 1. The molecule has 1 atom stereocenters. The molecule has 0 aliphatic rings. The molecule has 8 heteroatoms. The largest absolute Gasteiger partial charge is 0.497 e. The summed E-state index contributed by atoms with van der Waals surface area (Å²) in [6.07, 6.45) is 0. The third kappa shape index (κ3) is 6.31. The summed E-state index contributed by atoms with van der Waals surface area (Å²) in [4.78, 5) is 27.6. The first-order valence-corrected chi connectivity index (χ1v) is 10.6. The maximum atomic E-state index is 13.2. The number of rotatable bonds is 8. The zero-order chi connectivity index (χ0) is 24.0. The lowest BCUT2D eigenvalue weighted by Gasteiger charge is -2.25. The number of carbonyl (C=O) groups excluding carboxylic acids is 2. The summed E-state index contributed by atoms with van der Waals surface area (Å²) in [7, 11) is 5.46. The average Bonchev–Trinajstić information content (AvgIpc) is 2.79. The Morgan fingerprint density at radius 1 is 1.00 bits per heavy atom. The van der Waals surface area contributed by atoms with Crippen molar-refractivity contribution in [3.8, 4) is 5.75 Å². The molecule has 3 rings (SSSR count). The Labute approximate surface area is 197 Å². The molecule has 0 saturated carbocycles. The highest BCUT2D eigenvalue weighted by Gasteiger charge is 2.19. The van der Waals surface area contributed by atoms with Gasteiger partial charge in [-0.15, -0.1) is 0 Å². The maximum Gasteiger partial charge on any atom is 0.255 e. The lowest BCUT2D eigenvalue weighted by Crippen LogP contribution is -2.35. The van der Waals surface area contributed by atoms with Crippen LogP contribution in [0.5, 0.6) is 5.75 Å². The minimum Gasteiger partial charge on any atom is -0.497 e. The van der Waals surface area contributed by atoms with Crippen LogP contribution in [0.4, 0.5) is 10.1 Å². The summed E-state index contributed by atoms with van der Waals surface area (Å²) in [6.45, 7) is 0.339. The number of nitrogens with one attached hydrogen (secondary N) is 2. The number of ether oxygens (including phenoxy) is 1. The van der Waals surface area contributed by atoms with Gasteiger partial charge < -0.3 is 20.3 Å². The van der Waals surface area contributed by atoms with Crippen LogP contribution in [-0.2, 0) is 0 Å². The molecule has 2 N–H and O–H groups in total. The molecule has 3 aromatic rings. The quantitative estimate of drug-likeness (QED) is 0.498. The molecule has 0 fully saturated rings. The number of hydrogen-bond acceptors (Lipinski definition) is 4. The number of benzene rings is 3. The Hall–Kier alpha value is -3.42.